The second kappa shape index (κ2) is 4.81. The largest absolute Gasteiger partial charge is 0.384 e. The van der Waals surface area contributed by atoms with E-state index in [0.29, 0.717) is 11.1 Å². The Labute approximate surface area is 94.1 Å². The normalized spacial score (nSPS) is 17.9. The first-order valence-electron chi connectivity index (χ1n) is 5.22. The molecule has 4 nitrogen and oxygen atoms in total. The molecular formula is C10H16N4S. The summed E-state index contributed by atoms with van der Waals surface area (Å²) in [6.45, 7) is 4.14. The number of nitrogens with one attached hydrogen (secondary N) is 1. The SMILES string of the molecule is Cc1cc(N)nc(SC2CCNCC2)n1. The molecule has 1 aromatic rings. The molecule has 1 aliphatic heterocycles. The van der Waals surface area contributed by atoms with E-state index in [-0.39, 0.29) is 0 Å². The number of aromatic nitrogens is 2. The quantitative estimate of drug-likeness (QED) is 0.739. The molecule has 0 aromatic carbocycles. The first kappa shape index (κ1) is 10.7. The summed E-state index contributed by atoms with van der Waals surface area (Å²) in [5.41, 5.74) is 6.63. The van der Waals surface area contributed by atoms with Gasteiger partial charge in [-0.25, -0.2) is 9.97 Å². The summed E-state index contributed by atoms with van der Waals surface area (Å²) in [4.78, 5) is 8.62. The molecule has 1 fully saturated rings. The first-order chi connectivity index (χ1) is 7.24. The van der Waals surface area contributed by atoms with Crippen molar-refractivity contribution in [2.45, 2.75) is 30.2 Å². The van der Waals surface area contributed by atoms with Crippen molar-refractivity contribution < 1.29 is 0 Å². The van der Waals surface area contributed by atoms with Gasteiger partial charge in [0.15, 0.2) is 5.16 Å². The van der Waals surface area contributed by atoms with Crippen molar-refractivity contribution >= 4 is 17.6 Å². The smallest absolute Gasteiger partial charge is 0.189 e. The van der Waals surface area contributed by atoms with Crippen molar-refractivity contribution in [3.8, 4) is 0 Å². The number of piperidine rings is 1. The Morgan fingerprint density at radius 2 is 2.13 bits per heavy atom. The van der Waals surface area contributed by atoms with E-state index in [1.807, 2.05) is 6.92 Å². The van der Waals surface area contributed by atoms with E-state index in [2.05, 4.69) is 15.3 Å². The summed E-state index contributed by atoms with van der Waals surface area (Å²) in [6, 6.07) is 1.80. The molecule has 0 atom stereocenters. The van der Waals surface area contributed by atoms with Gasteiger partial charge in [-0.3, -0.25) is 0 Å². The zero-order valence-corrected chi connectivity index (χ0v) is 9.68. The van der Waals surface area contributed by atoms with E-state index in [1.54, 1.807) is 17.8 Å². The van der Waals surface area contributed by atoms with E-state index in [4.69, 9.17) is 5.73 Å². The van der Waals surface area contributed by atoms with Gasteiger partial charge < -0.3 is 11.1 Å². The van der Waals surface area contributed by atoms with Crippen LogP contribution in [0.4, 0.5) is 5.82 Å². The monoisotopic (exact) mass is 224 g/mol. The zero-order chi connectivity index (χ0) is 10.7. The molecule has 0 aliphatic carbocycles. The lowest BCUT2D eigenvalue weighted by Gasteiger charge is -2.21. The average Bonchev–Trinajstić information content (AvgIpc) is 2.17. The maximum Gasteiger partial charge on any atom is 0.189 e. The molecule has 1 aliphatic rings. The number of nitrogen functional groups attached to an aromatic ring is 1. The van der Waals surface area contributed by atoms with Gasteiger partial charge in [0.1, 0.15) is 5.82 Å². The van der Waals surface area contributed by atoms with Crippen molar-refractivity contribution in [2.24, 2.45) is 0 Å². The Bertz CT molecular complexity index is 316. The van der Waals surface area contributed by atoms with Gasteiger partial charge in [0.25, 0.3) is 0 Å². The van der Waals surface area contributed by atoms with Crippen LogP contribution in [0, 0.1) is 6.92 Å². The Morgan fingerprint density at radius 1 is 1.40 bits per heavy atom. The Hall–Kier alpha value is -0.810. The van der Waals surface area contributed by atoms with Gasteiger partial charge in [0, 0.05) is 17.0 Å². The zero-order valence-electron chi connectivity index (χ0n) is 8.86. The van der Waals surface area contributed by atoms with E-state index in [9.17, 15) is 0 Å². The summed E-state index contributed by atoms with van der Waals surface area (Å²) < 4.78 is 0. The van der Waals surface area contributed by atoms with Gasteiger partial charge >= 0.3 is 0 Å². The molecule has 2 heterocycles. The standard InChI is InChI=1S/C10H16N4S/c1-7-6-9(11)14-10(13-7)15-8-2-4-12-5-3-8/h6,8,12H,2-5H2,1H3,(H2,11,13,14). The fourth-order valence-corrected chi connectivity index (χ4v) is 2.80. The Balaban J connectivity index is 2.02. The van der Waals surface area contributed by atoms with Crippen LogP contribution in [-0.2, 0) is 0 Å². The minimum absolute atomic E-state index is 0.568. The predicted molar refractivity (Wildman–Crippen MR) is 62.9 cm³/mol. The molecular weight excluding hydrogens is 208 g/mol. The second-order valence-electron chi connectivity index (χ2n) is 3.78. The molecule has 2 rings (SSSR count). The molecule has 0 unspecified atom stereocenters. The van der Waals surface area contributed by atoms with Crippen LogP contribution >= 0.6 is 11.8 Å². The van der Waals surface area contributed by atoms with Gasteiger partial charge in [-0.05, 0) is 32.9 Å². The number of anilines is 1. The maximum atomic E-state index is 5.69. The molecule has 0 saturated carbocycles. The summed E-state index contributed by atoms with van der Waals surface area (Å²) >= 11 is 1.75. The predicted octanol–water partition coefficient (Wildman–Crippen LogP) is 1.21. The highest BCUT2D eigenvalue weighted by Gasteiger charge is 2.15. The van der Waals surface area contributed by atoms with Gasteiger partial charge in [0.2, 0.25) is 0 Å². The lowest BCUT2D eigenvalue weighted by Crippen LogP contribution is -2.29. The van der Waals surface area contributed by atoms with E-state index >= 15 is 0 Å². The third-order valence-corrected chi connectivity index (χ3v) is 3.61. The molecule has 1 aromatic heterocycles. The van der Waals surface area contributed by atoms with Crippen molar-refractivity contribution in [3.63, 3.8) is 0 Å². The van der Waals surface area contributed by atoms with Gasteiger partial charge in [-0.2, -0.15) is 0 Å². The molecule has 15 heavy (non-hydrogen) atoms. The number of nitrogens with two attached hydrogens (primary N) is 1. The van der Waals surface area contributed by atoms with Crippen LogP contribution in [-0.4, -0.2) is 28.3 Å². The topological polar surface area (TPSA) is 63.8 Å². The molecule has 82 valence electrons. The van der Waals surface area contributed by atoms with Crippen molar-refractivity contribution in [1.82, 2.24) is 15.3 Å². The second-order valence-corrected chi connectivity index (χ2v) is 5.05. The number of nitrogens with zero attached hydrogens (tertiary/aromatic N) is 2. The molecule has 0 radical (unpaired) electrons. The molecule has 3 N–H and O–H groups in total. The lowest BCUT2D eigenvalue weighted by molar-refractivity contribution is 0.531. The molecule has 0 amide bonds. The van der Waals surface area contributed by atoms with Crippen LogP contribution in [0.25, 0.3) is 0 Å². The average molecular weight is 224 g/mol. The lowest BCUT2D eigenvalue weighted by atomic mass is 10.2. The van der Waals surface area contributed by atoms with Crippen LogP contribution in [0.1, 0.15) is 18.5 Å². The highest BCUT2D eigenvalue weighted by molar-refractivity contribution is 7.99. The summed E-state index contributed by atoms with van der Waals surface area (Å²) in [6.07, 6.45) is 2.36. The van der Waals surface area contributed by atoms with Crippen LogP contribution in [0.3, 0.4) is 0 Å². The summed E-state index contributed by atoms with van der Waals surface area (Å²) in [7, 11) is 0. The minimum atomic E-state index is 0.568. The fourth-order valence-electron chi connectivity index (χ4n) is 1.68. The van der Waals surface area contributed by atoms with Gasteiger partial charge in [-0.15, -0.1) is 0 Å². The molecule has 1 saturated heterocycles. The molecule has 0 spiro atoms. The van der Waals surface area contributed by atoms with E-state index in [0.717, 1.165) is 23.9 Å². The first-order valence-corrected chi connectivity index (χ1v) is 6.10. The summed E-state index contributed by atoms with van der Waals surface area (Å²) in [5, 5.41) is 4.80. The van der Waals surface area contributed by atoms with Crippen LogP contribution < -0.4 is 11.1 Å². The summed E-state index contributed by atoms with van der Waals surface area (Å²) in [5.74, 6) is 0.568. The third kappa shape index (κ3) is 3.07. The number of rotatable bonds is 2. The van der Waals surface area contributed by atoms with Crippen molar-refractivity contribution in [2.75, 3.05) is 18.8 Å². The van der Waals surface area contributed by atoms with Crippen molar-refractivity contribution in [3.05, 3.63) is 11.8 Å². The number of hydrogen-bond acceptors (Lipinski definition) is 5. The minimum Gasteiger partial charge on any atom is -0.384 e. The third-order valence-electron chi connectivity index (χ3n) is 2.41. The molecule has 5 heteroatoms. The highest BCUT2D eigenvalue weighted by atomic mass is 32.2. The van der Waals surface area contributed by atoms with Gasteiger partial charge in [0.05, 0.1) is 0 Å². The van der Waals surface area contributed by atoms with E-state index < -0.39 is 0 Å². The number of aryl methyl sites for hydroxylation is 1. The Morgan fingerprint density at radius 3 is 2.80 bits per heavy atom. The number of hydrogen-bond donors (Lipinski definition) is 2. The maximum absolute atomic E-state index is 5.69. The number of thioether (sulfide) groups is 1. The fraction of sp³-hybridized carbons (Fsp3) is 0.600. The Kier molecular flexibility index (Phi) is 3.43. The van der Waals surface area contributed by atoms with Crippen molar-refractivity contribution in [1.29, 1.82) is 0 Å². The van der Waals surface area contributed by atoms with E-state index in [1.165, 1.54) is 12.8 Å². The molecule has 0 bridgehead atoms. The highest BCUT2D eigenvalue weighted by Crippen LogP contribution is 2.26. The van der Waals surface area contributed by atoms with Crippen LogP contribution in [0.2, 0.25) is 0 Å². The van der Waals surface area contributed by atoms with Crippen LogP contribution in [0.5, 0.6) is 0 Å². The van der Waals surface area contributed by atoms with Crippen LogP contribution in [0.15, 0.2) is 11.2 Å². The van der Waals surface area contributed by atoms with Gasteiger partial charge in [-0.1, -0.05) is 11.8 Å².